The maximum absolute atomic E-state index is 10.2. The van der Waals surface area contributed by atoms with Crippen LogP contribution in [0.25, 0.3) is 0 Å². The molecule has 1 aliphatic heterocycles. The van der Waals surface area contributed by atoms with Crippen LogP contribution in [0.1, 0.15) is 6.42 Å². The summed E-state index contributed by atoms with van der Waals surface area (Å²) in [5, 5.41) is 8.43. The summed E-state index contributed by atoms with van der Waals surface area (Å²) in [6.07, 6.45) is 0.149. The van der Waals surface area contributed by atoms with Crippen LogP contribution in [-0.4, -0.2) is 27.8 Å². The van der Waals surface area contributed by atoms with E-state index in [1.165, 1.54) is 15.3 Å². The van der Waals surface area contributed by atoms with Gasteiger partial charge in [0.15, 0.2) is 0 Å². The van der Waals surface area contributed by atoms with E-state index in [1.807, 2.05) is 0 Å². The molecule has 1 saturated heterocycles. The van der Waals surface area contributed by atoms with E-state index in [0.717, 1.165) is 12.2 Å². The molecule has 0 saturated carbocycles. The Morgan fingerprint density at radius 3 is 2.78 bits per heavy atom. The number of rotatable bonds is 0. The second kappa shape index (κ2) is 3.22. The molecule has 5 heteroatoms. The molecule has 0 aromatic heterocycles. The maximum Gasteiger partial charge on any atom is 0.418 e. The number of hydrogen-bond acceptors (Lipinski definition) is 3. The first-order valence-electron chi connectivity index (χ1n) is 2.61. The second-order valence-electron chi connectivity index (χ2n) is 1.63. The largest absolute Gasteiger partial charge is 0.464 e. The van der Waals surface area contributed by atoms with E-state index in [4.69, 9.17) is 5.11 Å². The van der Waals surface area contributed by atoms with Crippen molar-refractivity contribution in [3.05, 3.63) is 0 Å². The molecule has 0 aromatic carbocycles. The Hall–Kier alpha value is -0.0300. The molecule has 0 atom stereocenters. The Morgan fingerprint density at radius 1 is 1.67 bits per heavy atom. The zero-order valence-corrected chi connectivity index (χ0v) is 6.37. The fourth-order valence-electron chi connectivity index (χ4n) is 0.533. The molecule has 1 aliphatic rings. The van der Waals surface area contributed by atoms with Crippen molar-refractivity contribution < 1.29 is 9.90 Å². The molecule has 1 fully saturated rings. The van der Waals surface area contributed by atoms with E-state index in [-0.39, 0.29) is 0 Å². The molecular formula is C4H7NO2S2. The van der Waals surface area contributed by atoms with Gasteiger partial charge >= 0.3 is 6.09 Å². The molecule has 0 bridgehead atoms. The van der Waals surface area contributed by atoms with Crippen molar-refractivity contribution in [3.63, 3.8) is 0 Å². The SMILES string of the molecule is O=C(O)N1CCCSS1. The van der Waals surface area contributed by atoms with Crippen molar-refractivity contribution in [2.24, 2.45) is 0 Å². The highest BCUT2D eigenvalue weighted by Gasteiger charge is 2.15. The second-order valence-corrected chi connectivity index (χ2v) is 4.02. The quantitative estimate of drug-likeness (QED) is 0.438. The van der Waals surface area contributed by atoms with Gasteiger partial charge in [-0.25, -0.2) is 9.10 Å². The third kappa shape index (κ3) is 1.98. The third-order valence-corrected chi connectivity index (χ3v) is 3.38. The molecule has 0 spiro atoms. The lowest BCUT2D eigenvalue weighted by atomic mass is 10.5. The molecule has 1 rings (SSSR count). The van der Waals surface area contributed by atoms with Crippen LogP contribution in [0, 0.1) is 0 Å². The molecule has 1 N–H and O–H groups in total. The highest BCUT2D eigenvalue weighted by atomic mass is 33.1. The highest BCUT2D eigenvalue weighted by molar-refractivity contribution is 8.76. The smallest absolute Gasteiger partial charge is 0.418 e. The zero-order chi connectivity index (χ0) is 6.69. The predicted octanol–water partition coefficient (Wildman–Crippen LogP) is 1.67. The zero-order valence-electron chi connectivity index (χ0n) is 4.74. The van der Waals surface area contributed by atoms with Crippen LogP contribution in [0.15, 0.2) is 0 Å². The maximum atomic E-state index is 10.2. The fourth-order valence-corrected chi connectivity index (χ4v) is 2.62. The van der Waals surface area contributed by atoms with E-state index in [9.17, 15) is 4.79 Å². The normalized spacial score (nSPS) is 19.8. The molecule has 0 aliphatic carbocycles. The summed E-state index contributed by atoms with van der Waals surface area (Å²) in [5.41, 5.74) is 0. The monoisotopic (exact) mass is 165 g/mol. The van der Waals surface area contributed by atoms with E-state index >= 15 is 0 Å². The van der Waals surface area contributed by atoms with Crippen molar-refractivity contribution in [2.75, 3.05) is 12.3 Å². The van der Waals surface area contributed by atoms with Gasteiger partial charge in [0.2, 0.25) is 0 Å². The molecule has 0 unspecified atom stereocenters. The summed E-state index contributed by atoms with van der Waals surface area (Å²) < 4.78 is 1.36. The Bertz CT molecular complexity index is 113. The number of hydrogen-bond donors (Lipinski definition) is 1. The lowest BCUT2D eigenvalue weighted by Crippen LogP contribution is -2.25. The van der Waals surface area contributed by atoms with Gasteiger partial charge < -0.3 is 5.11 Å². The minimum atomic E-state index is -0.827. The molecule has 0 aromatic rings. The first-order chi connectivity index (χ1) is 4.30. The molecule has 1 amide bonds. The Morgan fingerprint density at radius 2 is 2.44 bits per heavy atom. The molecule has 9 heavy (non-hydrogen) atoms. The summed E-state index contributed by atoms with van der Waals surface area (Å²) in [4.78, 5) is 10.2. The first-order valence-corrected chi connectivity index (χ1v) is 4.88. The summed E-state index contributed by atoms with van der Waals surface area (Å²) in [7, 11) is 2.91. The third-order valence-electron chi connectivity index (χ3n) is 0.945. The van der Waals surface area contributed by atoms with Crippen LogP contribution in [0.2, 0.25) is 0 Å². The number of nitrogens with zero attached hydrogens (tertiary/aromatic N) is 1. The van der Waals surface area contributed by atoms with Crippen LogP contribution in [-0.2, 0) is 0 Å². The van der Waals surface area contributed by atoms with Gasteiger partial charge in [0.1, 0.15) is 0 Å². The van der Waals surface area contributed by atoms with Gasteiger partial charge in [0, 0.05) is 23.3 Å². The average molecular weight is 165 g/mol. The number of amides is 1. The number of carboxylic acid groups (broad SMARTS) is 1. The fraction of sp³-hybridized carbons (Fsp3) is 0.750. The van der Waals surface area contributed by atoms with Crippen LogP contribution < -0.4 is 0 Å². The minimum absolute atomic E-state index is 0.674. The molecule has 0 radical (unpaired) electrons. The van der Waals surface area contributed by atoms with Gasteiger partial charge in [0.25, 0.3) is 0 Å². The van der Waals surface area contributed by atoms with Crippen LogP contribution in [0.3, 0.4) is 0 Å². The van der Waals surface area contributed by atoms with Crippen molar-refractivity contribution in [1.82, 2.24) is 4.31 Å². The van der Waals surface area contributed by atoms with Crippen LogP contribution in [0.5, 0.6) is 0 Å². The topological polar surface area (TPSA) is 40.5 Å². The summed E-state index contributed by atoms with van der Waals surface area (Å²) >= 11 is 0. The summed E-state index contributed by atoms with van der Waals surface area (Å²) in [6, 6.07) is 0. The minimum Gasteiger partial charge on any atom is -0.464 e. The lowest BCUT2D eigenvalue weighted by Gasteiger charge is -2.20. The lowest BCUT2D eigenvalue weighted by molar-refractivity contribution is 0.175. The molecule has 1 heterocycles. The Kier molecular flexibility index (Phi) is 2.53. The van der Waals surface area contributed by atoms with Gasteiger partial charge in [0.05, 0.1) is 0 Å². The first kappa shape index (κ1) is 7.08. The highest BCUT2D eigenvalue weighted by Crippen LogP contribution is 2.31. The number of carbonyl (C=O) groups is 1. The average Bonchev–Trinajstić information content (AvgIpc) is 1.90. The van der Waals surface area contributed by atoms with Crippen molar-refractivity contribution in [2.45, 2.75) is 6.42 Å². The Labute approximate surface area is 61.3 Å². The standard InChI is InChI=1S/C4H7NO2S2/c6-4(7)5-2-1-3-8-9-5/h1-3H2,(H,6,7). The van der Waals surface area contributed by atoms with E-state index in [0.29, 0.717) is 6.54 Å². The predicted molar refractivity (Wildman–Crippen MR) is 39.4 cm³/mol. The van der Waals surface area contributed by atoms with Gasteiger partial charge in [-0.1, -0.05) is 10.8 Å². The molecule has 52 valence electrons. The van der Waals surface area contributed by atoms with Crippen LogP contribution in [0.4, 0.5) is 4.79 Å². The molecular weight excluding hydrogens is 158 g/mol. The van der Waals surface area contributed by atoms with Gasteiger partial charge in [-0.2, -0.15) is 0 Å². The Balaban J connectivity index is 2.31. The van der Waals surface area contributed by atoms with Gasteiger partial charge in [-0.3, -0.25) is 0 Å². The van der Waals surface area contributed by atoms with E-state index < -0.39 is 6.09 Å². The van der Waals surface area contributed by atoms with Gasteiger partial charge in [-0.15, -0.1) is 0 Å². The van der Waals surface area contributed by atoms with Crippen molar-refractivity contribution in [3.8, 4) is 0 Å². The van der Waals surface area contributed by atoms with Gasteiger partial charge in [-0.05, 0) is 6.42 Å². The van der Waals surface area contributed by atoms with Crippen molar-refractivity contribution in [1.29, 1.82) is 0 Å². The van der Waals surface area contributed by atoms with E-state index in [2.05, 4.69) is 0 Å². The van der Waals surface area contributed by atoms with Crippen LogP contribution >= 0.6 is 21.8 Å². The summed E-state index contributed by atoms with van der Waals surface area (Å²) in [6.45, 7) is 0.674. The molecule has 3 nitrogen and oxygen atoms in total. The van der Waals surface area contributed by atoms with Crippen molar-refractivity contribution >= 4 is 27.9 Å². The summed E-state index contributed by atoms with van der Waals surface area (Å²) in [5.74, 6) is 1.06. The van der Waals surface area contributed by atoms with E-state index in [1.54, 1.807) is 10.8 Å².